The standard InChI is InChI=1S/C11H17ClN2O/c1-14-10(9(12)8-13-14)11(15)6-4-2-3-5-7-11/h8,15H,2-7H2,1H3. The van der Waals surface area contributed by atoms with E-state index in [1.165, 1.54) is 12.8 Å². The summed E-state index contributed by atoms with van der Waals surface area (Å²) in [6.07, 6.45) is 7.75. The maximum absolute atomic E-state index is 10.6. The first kappa shape index (κ1) is 11.0. The number of hydrogen-bond acceptors (Lipinski definition) is 2. The Morgan fingerprint density at radius 3 is 2.40 bits per heavy atom. The summed E-state index contributed by atoms with van der Waals surface area (Å²) in [6, 6.07) is 0. The van der Waals surface area contributed by atoms with E-state index in [-0.39, 0.29) is 0 Å². The van der Waals surface area contributed by atoms with Crippen LogP contribution < -0.4 is 0 Å². The van der Waals surface area contributed by atoms with Gasteiger partial charge in [-0.05, 0) is 12.8 Å². The second kappa shape index (κ2) is 4.14. The molecule has 15 heavy (non-hydrogen) atoms. The molecule has 1 fully saturated rings. The first-order valence-electron chi connectivity index (χ1n) is 5.54. The third kappa shape index (κ3) is 2.04. The van der Waals surface area contributed by atoms with E-state index in [0.29, 0.717) is 5.02 Å². The van der Waals surface area contributed by atoms with Crippen molar-refractivity contribution in [2.75, 3.05) is 0 Å². The second-order valence-electron chi connectivity index (χ2n) is 4.41. The molecule has 0 aromatic carbocycles. The number of halogens is 1. The maximum atomic E-state index is 10.6. The van der Waals surface area contributed by atoms with Gasteiger partial charge in [-0.1, -0.05) is 37.3 Å². The predicted octanol–water partition coefficient (Wildman–Crippen LogP) is 2.62. The molecule has 1 aliphatic carbocycles. The summed E-state index contributed by atoms with van der Waals surface area (Å²) >= 11 is 6.08. The number of aryl methyl sites for hydroxylation is 1. The van der Waals surface area contributed by atoms with E-state index in [2.05, 4.69) is 5.10 Å². The van der Waals surface area contributed by atoms with Gasteiger partial charge in [0, 0.05) is 7.05 Å². The van der Waals surface area contributed by atoms with Crippen molar-refractivity contribution in [1.82, 2.24) is 9.78 Å². The molecule has 1 heterocycles. The van der Waals surface area contributed by atoms with Crippen molar-refractivity contribution in [3.8, 4) is 0 Å². The minimum atomic E-state index is -0.765. The first-order chi connectivity index (χ1) is 7.13. The van der Waals surface area contributed by atoms with Crippen LogP contribution in [0, 0.1) is 0 Å². The Bertz CT molecular complexity index is 321. The molecule has 0 atom stereocenters. The Labute approximate surface area is 95.0 Å². The zero-order valence-electron chi connectivity index (χ0n) is 9.04. The highest BCUT2D eigenvalue weighted by Crippen LogP contribution is 2.38. The van der Waals surface area contributed by atoms with E-state index in [1.54, 1.807) is 10.9 Å². The van der Waals surface area contributed by atoms with Crippen LogP contribution in [0.4, 0.5) is 0 Å². The first-order valence-corrected chi connectivity index (χ1v) is 5.92. The summed E-state index contributed by atoms with van der Waals surface area (Å²) in [5, 5.41) is 15.3. The van der Waals surface area contributed by atoms with Gasteiger partial charge >= 0.3 is 0 Å². The number of rotatable bonds is 1. The van der Waals surface area contributed by atoms with Gasteiger partial charge in [0.15, 0.2) is 0 Å². The number of aliphatic hydroxyl groups is 1. The topological polar surface area (TPSA) is 38.0 Å². The van der Waals surface area contributed by atoms with Crippen molar-refractivity contribution in [2.24, 2.45) is 7.05 Å². The molecule has 0 amide bonds. The van der Waals surface area contributed by atoms with E-state index in [0.717, 1.165) is 31.4 Å². The van der Waals surface area contributed by atoms with Gasteiger partial charge in [-0.15, -0.1) is 0 Å². The molecular formula is C11H17ClN2O. The molecule has 3 nitrogen and oxygen atoms in total. The van der Waals surface area contributed by atoms with Crippen LogP contribution in [0.25, 0.3) is 0 Å². The summed E-state index contributed by atoms with van der Waals surface area (Å²) in [6.45, 7) is 0. The fourth-order valence-electron chi connectivity index (χ4n) is 2.48. The Morgan fingerprint density at radius 1 is 1.33 bits per heavy atom. The SMILES string of the molecule is Cn1ncc(Cl)c1C1(O)CCCCCC1. The Morgan fingerprint density at radius 2 is 1.93 bits per heavy atom. The van der Waals surface area contributed by atoms with Crippen LogP contribution in [0.1, 0.15) is 44.2 Å². The average molecular weight is 229 g/mol. The fraction of sp³-hybridized carbons (Fsp3) is 0.727. The lowest BCUT2D eigenvalue weighted by Crippen LogP contribution is -2.28. The minimum Gasteiger partial charge on any atom is -0.384 e. The highest BCUT2D eigenvalue weighted by atomic mass is 35.5. The third-order valence-corrected chi connectivity index (χ3v) is 3.54. The van der Waals surface area contributed by atoms with Crippen LogP contribution in [0.3, 0.4) is 0 Å². The van der Waals surface area contributed by atoms with E-state index >= 15 is 0 Å². The average Bonchev–Trinajstić information content (AvgIpc) is 2.40. The fourth-order valence-corrected chi connectivity index (χ4v) is 2.83. The molecule has 1 N–H and O–H groups in total. The zero-order valence-corrected chi connectivity index (χ0v) is 9.80. The summed E-state index contributed by atoms with van der Waals surface area (Å²) in [5.74, 6) is 0. The molecule has 1 saturated carbocycles. The Balaban J connectivity index is 2.34. The minimum absolute atomic E-state index is 0.585. The van der Waals surface area contributed by atoms with Crippen LogP contribution in [-0.4, -0.2) is 14.9 Å². The van der Waals surface area contributed by atoms with E-state index in [4.69, 9.17) is 11.6 Å². The van der Waals surface area contributed by atoms with Gasteiger partial charge < -0.3 is 5.11 Å². The Hall–Kier alpha value is -0.540. The lowest BCUT2D eigenvalue weighted by atomic mass is 9.91. The molecule has 84 valence electrons. The van der Waals surface area contributed by atoms with Crippen molar-refractivity contribution in [3.63, 3.8) is 0 Å². The van der Waals surface area contributed by atoms with Crippen molar-refractivity contribution in [2.45, 2.75) is 44.1 Å². The molecule has 1 aromatic heterocycles. The van der Waals surface area contributed by atoms with Crippen LogP contribution >= 0.6 is 11.6 Å². The number of nitrogens with zero attached hydrogens (tertiary/aromatic N) is 2. The zero-order chi connectivity index (χ0) is 10.9. The highest BCUT2D eigenvalue weighted by Gasteiger charge is 2.34. The Kier molecular flexibility index (Phi) is 3.03. The molecule has 0 aliphatic heterocycles. The molecule has 0 saturated heterocycles. The normalized spacial score (nSPS) is 21.3. The predicted molar refractivity (Wildman–Crippen MR) is 59.8 cm³/mol. The highest BCUT2D eigenvalue weighted by molar-refractivity contribution is 6.31. The summed E-state index contributed by atoms with van der Waals surface area (Å²) < 4.78 is 1.70. The number of hydrogen-bond donors (Lipinski definition) is 1. The van der Waals surface area contributed by atoms with Gasteiger partial charge in [0.2, 0.25) is 0 Å². The monoisotopic (exact) mass is 228 g/mol. The molecule has 0 spiro atoms. The van der Waals surface area contributed by atoms with Gasteiger partial charge in [-0.2, -0.15) is 5.10 Å². The van der Waals surface area contributed by atoms with Crippen molar-refractivity contribution in [1.29, 1.82) is 0 Å². The molecule has 2 rings (SSSR count). The van der Waals surface area contributed by atoms with Crippen molar-refractivity contribution in [3.05, 3.63) is 16.9 Å². The van der Waals surface area contributed by atoms with Crippen LogP contribution in [0.15, 0.2) is 6.20 Å². The molecule has 4 heteroatoms. The van der Waals surface area contributed by atoms with E-state index < -0.39 is 5.60 Å². The van der Waals surface area contributed by atoms with Gasteiger partial charge in [0.05, 0.1) is 16.9 Å². The quantitative estimate of drug-likeness (QED) is 0.751. The van der Waals surface area contributed by atoms with Crippen LogP contribution in [0.2, 0.25) is 5.02 Å². The van der Waals surface area contributed by atoms with E-state index in [1.807, 2.05) is 7.05 Å². The largest absolute Gasteiger partial charge is 0.384 e. The summed E-state index contributed by atoms with van der Waals surface area (Å²) in [4.78, 5) is 0. The molecule has 0 bridgehead atoms. The maximum Gasteiger partial charge on any atom is 0.108 e. The van der Waals surface area contributed by atoms with Crippen molar-refractivity contribution < 1.29 is 5.11 Å². The van der Waals surface area contributed by atoms with Crippen molar-refractivity contribution >= 4 is 11.6 Å². The van der Waals surface area contributed by atoms with Gasteiger partial charge in [-0.25, -0.2) is 0 Å². The molecular weight excluding hydrogens is 212 g/mol. The number of aromatic nitrogens is 2. The van der Waals surface area contributed by atoms with Crippen LogP contribution in [-0.2, 0) is 12.6 Å². The lowest BCUT2D eigenvalue weighted by molar-refractivity contribution is 0.0129. The van der Waals surface area contributed by atoms with Gasteiger partial charge in [0.25, 0.3) is 0 Å². The van der Waals surface area contributed by atoms with Gasteiger partial charge in [0.1, 0.15) is 5.60 Å². The lowest BCUT2D eigenvalue weighted by Gasteiger charge is -2.27. The molecule has 1 aliphatic rings. The summed E-state index contributed by atoms with van der Waals surface area (Å²) in [5.41, 5.74) is 0.0183. The van der Waals surface area contributed by atoms with Gasteiger partial charge in [-0.3, -0.25) is 4.68 Å². The summed E-state index contributed by atoms with van der Waals surface area (Å²) in [7, 11) is 1.84. The molecule has 0 unspecified atom stereocenters. The molecule has 0 radical (unpaired) electrons. The molecule has 1 aromatic rings. The third-order valence-electron chi connectivity index (χ3n) is 3.27. The van der Waals surface area contributed by atoms with Crippen LogP contribution in [0.5, 0.6) is 0 Å². The second-order valence-corrected chi connectivity index (χ2v) is 4.82. The smallest absolute Gasteiger partial charge is 0.108 e. The van der Waals surface area contributed by atoms with E-state index in [9.17, 15) is 5.11 Å².